The SMILES string of the molecule is CSC1CCC(NS(=O)(=O)c2cnccc2Cl)CC1. The van der Waals surface area contributed by atoms with Gasteiger partial charge in [-0.3, -0.25) is 4.98 Å². The number of sulfonamides is 1. The highest BCUT2D eigenvalue weighted by Gasteiger charge is 2.26. The number of halogens is 1. The second kappa shape index (κ2) is 6.43. The van der Waals surface area contributed by atoms with Crippen LogP contribution >= 0.6 is 23.4 Å². The number of rotatable bonds is 4. The van der Waals surface area contributed by atoms with Gasteiger partial charge < -0.3 is 0 Å². The molecule has 1 N–H and O–H groups in total. The van der Waals surface area contributed by atoms with Crippen LogP contribution in [0, 0.1) is 0 Å². The van der Waals surface area contributed by atoms with E-state index in [0.29, 0.717) is 5.25 Å². The fourth-order valence-corrected chi connectivity index (χ4v) is 4.74. The summed E-state index contributed by atoms with van der Waals surface area (Å²) in [6, 6.07) is 1.49. The van der Waals surface area contributed by atoms with E-state index >= 15 is 0 Å². The van der Waals surface area contributed by atoms with Crippen molar-refractivity contribution in [3.63, 3.8) is 0 Å². The van der Waals surface area contributed by atoms with Crippen molar-refractivity contribution in [2.75, 3.05) is 6.26 Å². The minimum atomic E-state index is -3.57. The standard InChI is InChI=1S/C12H17ClN2O2S2/c1-18-10-4-2-9(3-5-10)15-19(16,17)12-8-14-7-6-11(12)13/h6-10,15H,2-5H2,1H3. The maximum Gasteiger partial charge on any atom is 0.243 e. The predicted octanol–water partition coefficient (Wildman–Crippen LogP) is 2.69. The van der Waals surface area contributed by atoms with Crippen molar-refractivity contribution in [3.05, 3.63) is 23.5 Å². The molecule has 1 aromatic heterocycles. The van der Waals surface area contributed by atoms with Gasteiger partial charge in [0.15, 0.2) is 0 Å². The van der Waals surface area contributed by atoms with Gasteiger partial charge >= 0.3 is 0 Å². The molecule has 0 unspecified atom stereocenters. The predicted molar refractivity (Wildman–Crippen MR) is 79.1 cm³/mol. The molecule has 0 atom stereocenters. The van der Waals surface area contributed by atoms with Crippen LogP contribution in [0.2, 0.25) is 5.02 Å². The van der Waals surface area contributed by atoms with Gasteiger partial charge in [-0.15, -0.1) is 0 Å². The molecule has 1 heterocycles. The van der Waals surface area contributed by atoms with Gasteiger partial charge in [0.25, 0.3) is 0 Å². The first kappa shape index (κ1) is 15.1. The van der Waals surface area contributed by atoms with E-state index in [4.69, 9.17) is 11.6 Å². The first-order valence-electron chi connectivity index (χ1n) is 6.17. The number of thioether (sulfide) groups is 1. The normalized spacial score (nSPS) is 24.3. The molecule has 0 radical (unpaired) electrons. The fraction of sp³-hybridized carbons (Fsp3) is 0.583. The van der Waals surface area contributed by atoms with Gasteiger partial charge in [-0.05, 0) is 38.0 Å². The van der Waals surface area contributed by atoms with E-state index < -0.39 is 10.0 Å². The largest absolute Gasteiger partial charge is 0.263 e. The molecule has 0 aliphatic heterocycles. The Hall–Kier alpha value is -0.300. The zero-order valence-electron chi connectivity index (χ0n) is 10.7. The van der Waals surface area contributed by atoms with Crippen molar-refractivity contribution in [3.8, 4) is 0 Å². The van der Waals surface area contributed by atoms with Crippen LogP contribution in [-0.2, 0) is 10.0 Å². The Balaban J connectivity index is 2.05. The molecule has 1 aliphatic carbocycles. The van der Waals surface area contributed by atoms with Crippen molar-refractivity contribution in [1.82, 2.24) is 9.71 Å². The molecular formula is C12H17ClN2O2S2. The third kappa shape index (κ3) is 3.84. The summed E-state index contributed by atoms with van der Waals surface area (Å²) >= 11 is 7.77. The quantitative estimate of drug-likeness (QED) is 0.926. The Bertz CT molecular complexity index is 528. The second-order valence-electron chi connectivity index (χ2n) is 4.64. The minimum Gasteiger partial charge on any atom is -0.263 e. The van der Waals surface area contributed by atoms with E-state index in [1.807, 2.05) is 11.8 Å². The third-order valence-electron chi connectivity index (χ3n) is 3.35. The Labute approximate surface area is 123 Å². The van der Waals surface area contributed by atoms with Crippen LogP contribution < -0.4 is 4.72 Å². The number of pyridine rings is 1. The summed E-state index contributed by atoms with van der Waals surface area (Å²) in [6.07, 6.45) is 8.73. The highest BCUT2D eigenvalue weighted by molar-refractivity contribution is 7.99. The lowest BCUT2D eigenvalue weighted by Crippen LogP contribution is -2.38. The molecule has 19 heavy (non-hydrogen) atoms. The molecule has 106 valence electrons. The Morgan fingerprint density at radius 1 is 1.37 bits per heavy atom. The molecule has 4 nitrogen and oxygen atoms in total. The summed E-state index contributed by atoms with van der Waals surface area (Å²) in [5.74, 6) is 0. The molecule has 1 fully saturated rings. The lowest BCUT2D eigenvalue weighted by molar-refractivity contribution is 0.420. The van der Waals surface area contributed by atoms with Gasteiger partial charge in [0.05, 0.1) is 5.02 Å². The number of hydrogen-bond acceptors (Lipinski definition) is 4. The van der Waals surface area contributed by atoms with Crippen LogP contribution in [0.1, 0.15) is 25.7 Å². The summed E-state index contributed by atoms with van der Waals surface area (Å²) in [5, 5.41) is 0.864. The van der Waals surface area contributed by atoms with Crippen molar-refractivity contribution in [2.45, 2.75) is 41.9 Å². The van der Waals surface area contributed by atoms with Crippen molar-refractivity contribution >= 4 is 33.4 Å². The summed E-state index contributed by atoms with van der Waals surface area (Å²) in [5.41, 5.74) is 0. The summed E-state index contributed by atoms with van der Waals surface area (Å²) in [6.45, 7) is 0. The monoisotopic (exact) mass is 320 g/mol. The van der Waals surface area contributed by atoms with Crippen LogP contribution in [0.5, 0.6) is 0 Å². The van der Waals surface area contributed by atoms with Crippen LogP contribution in [0.15, 0.2) is 23.4 Å². The van der Waals surface area contributed by atoms with E-state index in [2.05, 4.69) is 16.0 Å². The topological polar surface area (TPSA) is 59.1 Å². The zero-order valence-corrected chi connectivity index (χ0v) is 13.1. The Morgan fingerprint density at radius 2 is 2.05 bits per heavy atom. The molecule has 2 rings (SSSR count). The second-order valence-corrected chi connectivity index (χ2v) is 7.86. The van der Waals surface area contributed by atoms with E-state index in [1.165, 1.54) is 18.5 Å². The molecule has 0 amide bonds. The van der Waals surface area contributed by atoms with Gasteiger partial charge in [-0.2, -0.15) is 11.8 Å². The average molecular weight is 321 g/mol. The number of aromatic nitrogens is 1. The van der Waals surface area contributed by atoms with Gasteiger partial charge in [0.1, 0.15) is 4.90 Å². The summed E-state index contributed by atoms with van der Waals surface area (Å²) in [7, 11) is -3.57. The van der Waals surface area contributed by atoms with E-state index in [-0.39, 0.29) is 16.0 Å². The fourth-order valence-electron chi connectivity index (χ4n) is 2.26. The smallest absolute Gasteiger partial charge is 0.243 e. The highest BCUT2D eigenvalue weighted by atomic mass is 35.5. The molecule has 0 aromatic carbocycles. The molecule has 0 bridgehead atoms. The van der Waals surface area contributed by atoms with E-state index in [1.54, 1.807) is 0 Å². The molecular weight excluding hydrogens is 304 g/mol. The lowest BCUT2D eigenvalue weighted by Gasteiger charge is -2.27. The Kier molecular flexibility index (Phi) is 5.11. The van der Waals surface area contributed by atoms with Crippen LogP contribution in [-0.4, -0.2) is 30.9 Å². The van der Waals surface area contributed by atoms with Crippen LogP contribution in [0.4, 0.5) is 0 Å². The average Bonchev–Trinajstić information content (AvgIpc) is 2.39. The van der Waals surface area contributed by atoms with Gasteiger partial charge in [-0.1, -0.05) is 11.6 Å². The number of nitrogens with zero attached hydrogens (tertiary/aromatic N) is 1. The summed E-state index contributed by atoms with van der Waals surface area (Å²) < 4.78 is 27.2. The minimum absolute atomic E-state index is 0.00433. The van der Waals surface area contributed by atoms with Crippen molar-refractivity contribution in [2.24, 2.45) is 0 Å². The highest BCUT2D eigenvalue weighted by Crippen LogP contribution is 2.28. The number of hydrogen-bond donors (Lipinski definition) is 1. The third-order valence-corrected chi connectivity index (χ3v) is 6.48. The van der Waals surface area contributed by atoms with E-state index in [0.717, 1.165) is 25.7 Å². The number of nitrogens with one attached hydrogen (secondary N) is 1. The van der Waals surface area contributed by atoms with Crippen LogP contribution in [0.25, 0.3) is 0 Å². The van der Waals surface area contributed by atoms with E-state index in [9.17, 15) is 8.42 Å². The van der Waals surface area contributed by atoms with Crippen molar-refractivity contribution < 1.29 is 8.42 Å². The molecule has 7 heteroatoms. The van der Waals surface area contributed by atoms with Crippen molar-refractivity contribution in [1.29, 1.82) is 0 Å². The Morgan fingerprint density at radius 3 is 2.63 bits per heavy atom. The maximum atomic E-state index is 12.2. The maximum absolute atomic E-state index is 12.2. The molecule has 0 spiro atoms. The van der Waals surface area contributed by atoms with Gasteiger partial charge in [-0.25, -0.2) is 13.1 Å². The first-order valence-corrected chi connectivity index (χ1v) is 9.32. The van der Waals surface area contributed by atoms with Gasteiger partial charge in [0.2, 0.25) is 10.0 Å². The first-order chi connectivity index (χ1) is 9.03. The zero-order chi connectivity index (χ0) is 13.9. The lowest BCUT2D eigenvalue weighted by atomic mass is 9.96. The molecule has 1 aliphatic rings. The molecule has 0 saturated heterocycles. The van der Waals surface area contributed by atoms with Gasteiger partial charge in [0, 0.05) is 23.7 Å². The summed E-state index contributed by atoms with van der Waals surface area (Å²) in [4.78, 5) is 3.88. The molecule has 1 aromatic rings. The molecule has 1 saturated carbocycles. The van der Waals surface area contributed by atoms with Crippen LogP contribution in [0.3, 0.4) is 0 Å².